The van der Waals surface area contributed by atoms with Crippen LogP contribution < -0.4 is 15.4 Å². The first-order valence-corrected chi connectivity index (χ1v) is 6.87. The first kappa shape index (κ1) is 15.1. The highest BCUT2D eigenvalue weighted by Gasteiger charge is 2.10. The van der Waals surface area contributed by atoms with Gasteiger partial charge in [-0.3, -0.25) is 10.1 Å². The highest BCUT2D eigenvalue weighted by Crippen LogP contribution is 2.31. The smallest absolute Gasteiger partial charge is 0.321 e. The van der Waals surface area contributed by atoms with Gasteiger partial charge in [0.2, 0.25) is 0 Å². The molecule has 0 radical (unpaired) electrons. The predicted molar refractivity (Wildman–Crippen MR) is 81.7 cm³/mol. The lowest BCUT2D eigenvalue weighted by molar-refractivity contribution is -0.121. The van der Waals surface area contributed by atoms with Gasteiger partial charge < -0.3 is 10.1 Å². The summed E-state index contributed by atoms with van der Waals surface area (Å²) in [6, 6.07) is 10.3. The third-order valence-electron chi connectivity index (χ3n) is 2.78. The van der Waals surface area contributed by atoms with Crippen LogP contribution in [0.1, 0.15) is 6.92 Å². The number of urea groups is 1. The second-order valence-corrected chi connectivity index (χ2v) is 4.69. The average molecular weight is 307 g/mol. The molecule has 21 heavy (non-hydrogen) atoms. The van der Waals surface area contributed by atoms with Gasteiger partial charge in [0.1, 0.15) is 5.75 Å². The Labute approximate surface area is 127 Å². The van der Waals surface area contributed by atoms with Crippen molar-refractivity contribution >= 4 is 34.3 Å². The Hall–Kier alpha value is -2.27. The second-order valence-electron chi connectivity index (χ2n) is 4.29. The lowest BCUT2D eigenvalue weighted by Crippen LogP contribution is -2.41. The lowest BCUT2D eigenvalue weighted by atomic mass is 10.1. The van der Waals surface area contributed by atoms with Gasteiger partial charge in [-0.15, -0.1) is 0 Å². The summed E-state index contributed by atoms with van der Waals surface area (Å²) in [5.41, 5.74) is 0. The molecule has 0 aliphatic heterocycles. The summed E-state index contributed by atoms with van der Waals surface area (Å²) in [4.78, 5) is 22.8. The minimum absolute atomic E-state index is 0.247. The summed E-state index contributed by atoms with van der Waals surface area (Å²) >= 11 is 6.11. The van der Waals surface area contributed by atoms with E-state index in [2.05, 4.69) is 10.6 Å². The van der Waals surface area contributed by atoms with E-state index in [1.54, 1.807) is 19.1 Å². The van der Waals surface area contributed by atoms with Crippen molar-refractivity contribution in [3.05, 3.63) is 41.4 Å². The van der Waals surface area contributed by atoms with Gasteiger partial charge in [0.05, 0.1) is 0 Å². The third kappa shape index (κ3) is 3.86. The van der Waals surface area contributed by atoms with E-state index >= 15 is 0 Å². The maximum atomic E-state index is 11.6. The zero-order chi connectivity index (χ0) is 15.2. The van der Waals surface area contributed by atoms with Gasteiger partial charge in [-0.05, 0) is 19.1 Å². The molecule has 0 fully saturated rings. The summed E-state index contributed by atoms with van der Waals surface area (Å²) in [7, 11) is 0. The number of ether oxygens (including phenoxy) is 1. The molecule has 2 rings (SSSR count). The number of rotatable bonds is 4. The molecule has 110 valence electrons. The lowest BCUT2D eigenvalue weighted by Gasteiger charge is -2.10. The molecule has 0 aliphatic rings. The van der Waals surface area contributed by atoms with Gasteiger partial charge in [0.15, 0.2) is 6.61 Å². The van der Waals surface area contributed by atoms with Gasteiger partial charge in [-0.25, -0.2) is 4.79 Å². The largest absolute Gasteiger partial charge is 0.483 e. The summed E-state index contributed by atoms with van der Waals surface area (Å²) in [6.45, 7) is 1.96. The summed E-state index contributed by atoms with van der Waals surface area (Å²) < 4.78 is 5.46. The summed E-state index contributed by atoms with van der Waals surface area (Å²) in [6.07, 6.45) is 0. The van der Waals surface area contributed by atoms with Crippen LogP contribution in [-0.4, -0.2) is 25.1 Å². The number of hydrogen-bond donors (Lipinski definition) is 2. The Morgan fingerprint density at radius 3 is 2.57 bits per heavy atom. The molecule has 5 nitrogen and oxygen atoms in total. The topological polar surface area (TPSA) is 67.4 Å². The van der Waals surface area contributed by atoms with Crippen LogP contribution in [0.15, 0.2) is 36.4 Å². The molecule has 0 saturated heterocycles. The van der Waals surface area contributed by atoms with E-state index in [9.17, 15) is 9.59 Å². The molecule has 2 aromatic carbocycles. The molecule has 0 unspecified atom stereocenters. The quantitative estimate of drug-likeness (QED) is 0.912. The van der Waals surface area contributed by atoms with Crippen LogP contribution in [-0.2, 0) is 4.79 Å². The monoisotopic (exact) mass is 306 g/mol. The van der Waals surface area contributed by atoms with Crippen molar-refractivity contribution in [2.24, 2.45) is 0 Å². The molecule has 3 amide bonds. The van der Waals surface area contributed by atoms with E-state index < -0.39 is 11.9 Å². The fraction of sp³-hybridized carbons (Fsp3) is 0.200. The van der Waals surface area contributed by atoms with Crippen molar-refractivity contribution in [3.8, 4) is 5.75 Å². The molecule has 0 saturated carbocycles. The van der Waals surface area contributed by atoms with E-state index in [4.69, 9.17) is 16.3 Å². The summed E-state index contributed by atoms with van der Waals surface area (Å²) in [5, 5.41) is 6.92. The van der Waals surface area contributed by atoms with Crippen molar-refractivity contribution < 1.29 is 14.3 Å². The minimum Gasteiger partial charge on any atom is -0.483 e. The average Bonchev–Trinajstić information content (AvgIpc) is 2.47. The number of carbonyl (C=O) groups excluding carboxylic acids is 2. The Balaban J connectivity index is 2.06. The van der Waals surface area contributed by atoms with Gasteiger partial charge >= 0.3 is 6.03 Å². The Bertz CT molecular complexity index is 673. The summed E-state index contributed by atoms with van der Waals surface area (Å²) in [5.74, 6) is 0.0287. The standard InChI is InChI=1S/C15H15ClN2O3/c1-2-17-15(20)18-14(19)9-21-13-8-7-12(16)10-5-3-4-6-11(10)13/h3-8H,2,9H2,1H3,(H2,17,18,19,20). The fourth-order valence-electron chi connectivity index (χ4n) is 1.87. The Morgan fingerprint density at radius 2 is 1.86 bits per heavy atom. The molecule has 0 atom stereocenters. The number of carbonyl (C=O) groups is 2. The van der Waals surface area contributed by atoms with Crippen LogP contribution in [0.3, 0.4) is 0 Å². The van der Waals surface area contributed by atoms with E-state index in [-0.39, 0.29) is 6.61 Å². The number of benzene rings is 2. The van der Waals surface area contributed by atoms with Crippen LogP contribution >= 0.6 is 11.6 Å². The van der Waals surface area contributed by atoms with Crippen LogP contribution in [0.5, 0.6) is 5.75 Å². The first-order chi connectivity index (χ1) is 10.1. The number of halogens is 1. The number of imide groups is 1. The molecule has 0 bridgehead atoms. The van der Waals surface area contributed by atoms with Gasteiger partial charge in [-0.1, -0.05) is 35.9 Å². The van der Waals surface area contributed by atoms with Crippen molar-refractivity contribution in [3.63, 3.8) is 0 Å². The normalized spacial score (nSPS) is 10.2. The molecular formula is C15H15ClN2O3. The Morgan fingerprint density at radius 1 is 1.14 bits per heavy atom. The van der Waals surface area contributed by atoms with E-state index in [1.807, 2.05) is 24.3 Å². The fourth-order valence-corrected chi connectivity index (χ4v) is 2.10. The molecule has 0 spiro atoms. The van der Waals surface area contributed by atoms with E-state index in [0.29, 0.717) is 17.3 Å². The number of fused-ring (bicyclic) bond motifs is 1. The molecule has 2 aromatic rings. The first-order valence-electron chi connectivity index (χ1n) is 6.49. The van der Waals surface area contributed by atoms with Crippen molar-refractivity contribution in [2.75, 3.05) is 13.2 Å². The zero-order valence-corrected chi connectivity index (χ0v) is 12.2. The van der Waals surface area contributed by atoms with Crippen LogP contribution in [0.2, 0.25) is 5.02 Å². The van der Waals surface area contributed by atoms with Crippen LogP contribution in [0.25, 0.3) is 10.8 Å². The van der Waals surface area contributed by atoms with Gasteiger partial charge in [-0.2, -0.15) is 0 Å². The highest BCUT2D eigenvalue weighted by atomic mass is 35.5. The zero-order valence-electron chi connectivity index (χ0n) is 11.5. The second kappa shape index (κ2) is 6.95. The maximum Gasteiger partial charge on any atom is 0.321 e. The molecule has 0 heterocycles. The minimum atomic E-state index is -0.535. The van der Waals surface area contributed by atoms with Gasteiger partial charge in [0.25, 0.3) is 5.91 Å². The predicted octanol–water partition coefficient (Wildman–Crippen LogP) is 2.72. The molecule has 0 aromatic heterocycles. The SMILES string of the molecule is CCNC(=O)NC(=O)COc1ccc(Cl)c2ccccc12. The Kier molecular flexibility index (Phi) is 5.00. The molecular weight excluding hydrogens is 292 g/mol. The molecule has 2 N–H and O–H groups in total. The van der Waals surface area contributed by atoms with Crippen molar-refractivity contribution in [1.82, 2.24) is 10.6 Å². The number of amides is 3. The van der Waals surface area contributed by atoms with Crippen molar-refractivity contribution in [2.45, 2.75) is 6.92 Å². The highest BCUT2D eigenvalue weighted by molar-refractivity contribution is 6.35. The van der Waals surface area contributed by atoms with Crippen LogP contribution in [0, 0.1) is 0 Å². The maximum absolute atomic E-state index is 11.6. The van der Waals surface area contributed by atoms with E-state index in [0.717, 1.165) is 10.8 Å². The third-order valence-corrected chi connectivity index (χ3v) is 3.11. The molecule has 6 heteroatoms. The van der Waals surface area contributed by atoms with Crippen LogP contribution in [0.4, 0.5) is 4.79 Å². The number of nitrogens with one attached hydrogen (secondary N) is 2. The number of hydrogen-bond acceptors (Lipinski definition) is 3. The molecule has 0 aliphatic carbocycles. The van der Waals surface area contributed by atoms with Gasteiger partial charge in [0, 0.05) is 22.3 Å². The van der Waals surface area contributed by atoms with E-state index in [1.165, 1.54) is 0 Å². The van der Waals surface area contributed by atoms with Crippen molar-refractivity contribution in [1.29, 1.82) is 0 Å².